The van der Waals surface area contributed by atoms with Crippen molar-refractivity contribution in [2.24, 2.45) is 0 Å². The largest absolute Gasteiger partial charge is 0.468 e. The highest BCUT2D eigenvalue weighted by Gasteiger charge is 2.09. The van der Waals surface area contributed by atoms with Gasteiger partial charge in [0.2, 0.25) is 0 Å². The van der Waals surface area contributed by atoms with Crippen LogP contribution >= 0.6 is 0 Å². The molecule has 0 spiro atoms. The van der Waals surface area contributed by atoms with Crippen LogP contribution < -0.4 is 5.32 Å². The van der Waals surface area contributed by atoms with E-state index in [-0.39, 0.29) is 0 Å². The van der Waals surface area contributed by atoms with Gasteiger partial charge in [0.05, 0.1) is 18.5 Å². The molecule has 0 fully saturated rings. The summed E-state index contributed by atoms with van der Waals surface area (Å²) in [6.45, 7) is 10.8. The molecule has 0 aromatic carbocycles. The number of aryl methyl sites for hydroxylation is 1. The normalized spacial score (nSPS) is 11.2. The van der Waals surface area contributed by atoms with E-state index in [4.69, 9.17) is 4.42 Å². The molecule has 0 saturated carbocycles. The Balaban J connectivity index is 1.94. The molecule has 2 rings (SSSR count). The highest BCUT2D eigenvalue weighted by atomic mass is 16.3. The number of pyridine rings is 1. The maximum absolute atomic E-state index is 5.65. The van der Waals surface area contributed by atoms with Crippen molar-refractivity contribution in [2.45, 2.75) is 40.4 Å². The average molecular weight is 287 g/mol. The highest BCUT2D eigenvalue weighted by Crippen LogP contribution is 2.12. The van der Waals surface area contributed by atoms with Crippen LogP contribution in [0.1, 0.15) is 36.6 Å². The summed E-state index contributed by atoms with van der Waals surface area (Å²) >= 11 is 0. The van der Waals surface area contributed by atoms with Gasteiger partial charge in [-0.15, -0.1) is 0 Å². The minimum atomic E-state index is 0.818. The molecule has 21 heavy (non-hydrogen) atoms. The second-order valence-corrected chi connectivity index (χ2v) is 5.28. The van der Waals surface area contributed by atoms with Gasteiger partial charge in [0, 0.05) is 24.3 Å². The van der Waals surface area contributed by atoms with Crippen molar-refractivity contribution in [3.05, 3.63) is 53.2 Å². The zero-order valence-electron chi connectivity index (χ0n) is 13.2. The third kappa shape index (κ3) is 4.99. The molecule has 114 valence electrons. The van der Waals surface area contributed by atoms with Crippen molar-refractivity contribution in [1.82, 2.24) is 15.2 Å². The second kappa shape index (κ2) is 7.96. The van der Waals surface area contributed by atoms with Gasteiger partial charge in [0.25, 0.3) is 0 Å². The first kappa shape index (κ1) is 15.7. The lowest BCUT2D eigenvalue weighted by atomic mass is 10.2. The molecule has 0 saturated heterocycles. The number of nitrogens with one attached hydrogen (secondary N) is 1. The lowest BCUT2D eigenvalue weighted by Gasteiger charge is -2.18. The van der Waals surface area contributed by atoms with Crippen LogP contribution in [0.25, 0.3) is 0 Å². The maximum Gasteiger partial charge on any atom is 0.118 e. The Labute approximate surface area is 127 Å². The molecule has 2 heterocycles. The number of hydrogen-bond donors (Lipinski definition) is 1. The summed E-state index contributed by atoms with van der Waals surface area (Å²) in [4.78, 5) is 6.90. The molecule has 2 aromatic heterocycles. The third-order valence-electron chi connectivity index (χ3n) is 3.45. The van der Waals surface area contributed by atoms with Crippen LogP contribution in [0.4, 0.5) is 0 Å². The molecule has 0 aliphatic carbocycles. The fourth-order valence-electron chi connectivity index (χ4n) is 2.29. The van der Waals surface area contributed by atoms with E-state index < -0.39 is 0 Å². The van der Waals surface area contributed by atoms with Crippen LogP contribution in [0.15, 0.2) is 34.9 Å². The zero-order valence-corrected chi connectivity index (χ0v) is 13.2. The van der Waals surface area contributed by atoms with Gasteiger partial charge in [0.15, 0.2) is 0 Å². The molecule has 0 aliphatic rings. The number of hydrogen-bond acceptors (Lipinski definition) is 4. The lowest BCUT2D eigenvalue weighted by molar-refractivity contribution is 0.245. The molecular weight excluding hydrogens is 262 g/mol. The van der Waals surface area contributed by atoms with E-state index >= 15 is 0 Å². The molecule has 4 heteroatoms. The van der Waals surface area contributed by atoms with E-state index in [1.807, 2.05) is 19.3 Å². The van der Waals surface area contributed by atoms with Gasteiger partial charge in [-0.25, -0.2) is 0 Å². The minimum Gasteiger partial charge on any atom is -0.468 e. The maximum atomic E-state index is 5.65. The summed E-state index contributed by atoms with van der Waals surface area (Å²) in [6, 6.07) is 8.30. The Kier molecular flexibility index (Phi) is 5.96. The number of nitrogens with zero attached hydrogens (tertiary/aromatic N) is 2. The van der Waals surface area contributed by atoms with Gasteiger partial charge in [-0.3, -0.25) is 9.88 Å². The van der Waals surface area contributed by atoms with Crippen molar-refractivity contribution in [3.8, 4) is 0 Å². The molecule has 0 aliphatic heterocycles. The molecule has 0 unspecified atom stereocenters. The zero-order chi connectivity index (χ0) is 15.1. The summed E-state index contributed by atoms with van der Waals surface area (Å²) in [5.74, 6) is 1.01. The SMILES string of the molecule is CCNCc1coc(CN(CC)Cc2cccc(C)n2)c1. The molecule has 0 bridgehead atoms. The lowest BCUT2D eigenvalue weighted by Crippen LogP contribution is -2.22. The van der Waals surface area contributed by atoms with E-state index in [1.54, 1.807) is 0 Å². The predicted octanol–water partition coefficient (Wildman–Crippen LogP) is 3.11. The third-order valence-corrected chi connectivity index (χ3v) is 3.45. The van der Waals surface area contributed by atoms with Gasteiger partial charge >= 0.3 is 0 Å². The van der Waals surface area contributed by atoms with Crippen LogP contribution in [0.3, 0.4) is 0 Å². The van der Waals surface area contributed by atoms with Gasteiger partial charge in [0.1, 0.15) is 5.76 Å². The molecule has 1 N–H and O–H groups in total. The second-order valence-electron chi connectivity index (χ2n) is 5.28. The van der Waals surface area contributed by atoms with E-state index in [1.165, 1.54) is 5.56 Å². The quantitative estimate of drug-likeness (QED) is 0.810. The van der Waals surface area contributed by atoms with Crippen LogP contribution in [0.2, 0.25) is 0 Å². The molecule has 0 amide bonds. The Bertz CT molecular complexity index is 550. The summed E-state index contributed by atoms with van der Waals surface area (Å²) in [5.41, 5.74) is 3.38. The Morgan fingerprint density at radius 2 is 2.10 bits per heavy atom. The summed E-state index contributed by atoms with van der Waals surface area (Å²) in [5, 5.41) is 3.31. The average Bonchev–Trinajstić information content (AvgIpc) is 2.92. The van der Waals surface area contributed by atoms with Crippen molar-refractivity contribution < 1.29 is 4.42 Å². The first-order chi connectivity index (χ1) is 10.2. The Morgan fingerprint density at radius 1 is 1.24 bits per heavy atom. The van der Waals surface area contributed by atoms with Gasteiger partial charge in [-0.2, -0.15) is 0 Å². The summed E-state index contributed by atoms with van der Waals surface area (Å²) in [6.07, 6.45) is 1.84. The number of aromatic nitrogens is 1. The molecule has 0 radical (unpaired) electrons. The van der Waals surface area contributed by atoms with E-state index in [0.717, 1.165) is 49.9 Å². The van der Waals surface area contributed by atoms with Gasteiger partial charge < -0.3 is 9.73 Å². The molecular formula is C17H25N3O. The van der Waals surface area contributed by atoms with Crippen LogP contribution in [-0.4, -0.2) is 23.0 Å². The van der Waals surface area contributed by atoms with Crippen LogP contribution in [0.5, 0.6) is 0 Å². The van der Waals surface area contributed by atoms with Crippen LogP contribution in [0, 0.1) is 6.92 Å². The fraction of sp³-hybridized carbons (Fsp3) is 0.471. The first-order valence-corrected chi connectivity index (χ1v) is 7.63. The number of rotatable bonds is 8. The fourth-order valence-corrected chi connectivity index (χ4v) is 2.29. The van der Waals surface area contributed by atoms with Crippen molar-refractivity contribution >= 4 is 0 Å². The Hall–Kier alpha value is -1.65. The predicted molar refractivity (Wildman–Crippen MR) is 84.9 cm³/mol. The molecule has 4 nitrogen and oxygen atoms in total. The van der Waals surface area contributed by atoms with Crippen molar-refractivity contribution in [2.75, 3.05) is 13.1 Å². The van der Waals surface area contributed by atoms with Crippen LogP contribution in [-0.2, 0) is 19.6 Å². The standard InChI is InChI=1S/C17H25N3O/c1-4-18-10-15-9-17(21-13-15)12-20(5-2)11-16-8-6-7-14(3)19-16/h6-9,13,18H,4-5,10-12H2,1-3H3. The summed E-state index contributed by atoms with van der Waals surface area (Å²) < 4.78 is 5.65. The smallest absolute Gasteiger partial charge is 0.118 e. The number of furan rings is 1. The highest BCUT2D eigenvalue weighted by molar-refractivity contribution is 5.13. The van der Waals surface area contributed by atoms with E-state index in [0.29, 0.717) is 0 Å². The summed E-state index contributed by atoms with van der Waals surface area (Å²) in [7, 11) is 0. The van der Waals surface area contributed by atoms with E-state index in [9.17, 15) is 0 Å². The van der Waals surface area contributed by atoms with Gasteiger partial charge in [-0.05, 0) is 38.2 Å². The molecule has 2 aromatic rings. The minimum absolute atomic E-state index is 0.818. The topological polar surface area (TPSA) is 41.3 Å². The Morgan fingerprint density at radius 3 is 2.81 bits per heavy atom. The monoisotopic (exact) mass is 287 g/mol. The van der Waals surface area contributed by atoms with Gasteiger partial charge in [-0.1, -0.05) is 19.9 Å². The molecule has 0 atom stereocenters. The van der Waals surface area contributed by atoms with E-state index in [2.05, 4.69) is 47.2 Å². The first-order valence-electron chi connectivity index (χ1n) is 7.63. The van der Waals surface area contributed by atoms with Crippen molar-refractivity contribution in [1.29, 1.82) is 0 Å². The van der Waals surface area contributed by atoms with Crippen molar-refractivity contribution in [3.63, 3.8) is 0 Å².